The minimum Gasteiger partial charge on any atom is -0.490 e. The van der Waals surface area contributed by atoms with E-state index in [9.17, 15) is 8.42 Å². The SMILES string of the molecule is Cn1cnc2cnc(N[C@H]3C[C@H]4COc5ccccc5S(=O)(=O)N4C3)nc21. The van der Waals surface area contributed by atoms with Crippen LogP contribution in [-0.2, 0) is 17.1 Å². The Kier molecular flexibility index (Phi) is 3.59. The molecule has 2 aliphatic rings. The Hall–Kier alpha value is -2.72. The Morgan fingerprint density at radius 1 is 1.26 bits per heavy atom. The topological polar surface area (TPSA) is 102 Å². The highest BCUT2D eigenvalue weighted by Gasteiger charge is 2.43. The number of imidazole rings is 1. The number of aromatic nitrogens is 4. The fourth-order valence-electron chi connectivity index (χ4n) is 3.70. The van der Waals surface area contributed by atoms with Crippen LogP contribution in [0.4, 0.5) is 5.95 Å². The largest absolute Gasteiger partial charge is 0.490 e. The molecule has 0 radical (unpaired) electrons. The Bertz CT molecular complexity index is 1130. The van der Waals surface area contributed by atoms with E-state index in [2.05, 4.69) is 20.3 Å². The fourth-order valence-corrected chi connectivity index (χ4v) is 5.50. The minimum atomic E-state index is -3.60. The molecule has 4 heterocycles. The number of fused-ring (bicyclic) bond motifs is 3. The molecule has 0 spiro atoms. The summed E-state index contributed by atoms with van der Waals surface area (Å²) < 4.78 is 35.2. The van der Waals surface area contributed by atoms with Crippen LogP contribution in [-0.4, -0.2) is 57.5 Å². The Morgan fingerprint density at radius 2 is 2.11 bits per heavy atom. The van der Waals surface area contributed by atoms with Gasteiger partial charge in [-0.2, -0.15) is 9.29 Å². The molecule has 0 amide bonds. The van der Waals surface area contributed by atoms with Crippen molar-refractivity contribution in [2.75, 3.05) is 18.5 Å². The molecule has 0 saturated carbocycles. The third-order valence-corrected chi connectivity index (χ3v) is 6.98. The van der Waals surface area contributed by atoms with Gasteiger partial charge in [-0.25, -0.2) is 18.4 Å². The molecule has 1 fully saturated rings. The Morgan fingerprint density at radius 3 is 3.00 bits per heavy atom. The molecule has 2 aromatic heterocycles. The summed E-state index contributed by atoms with van der Waals surface area (Å²) in [5, 5.41) is 3.26. The lowest BCUT2D eigenvalue weighted by Crippen LogP contribution is -2.37. The maximum Gasteiger partial charge on any atom is 0.247 e. The summed E-state index contributed by atoms with van der Waals surface area (Å²) in [6.45, 7) is 0.674. The van der Waals surface area contributed by atoms with Gasteiger partial charge in [0.15, 0.2) is 5.65 Å². The maximum atomic E-state index is 13.1. The average molecular weight is 386 g/mol. The van der Waals surface area contributed by atoms with Gasteiger partial charge in [-0.3, -0.25) is 0 Å². The zero-order valence-electron chi connectivity index (χ0n) is 14.6. The first kappa shape index (κ1) is 16.5. The number of hydrogen-bond donors (Lipinski definition) is 1. The van der Waals surface area contributed by atoms with Crippen molar-refractivity contribution in [1.82, 2.24) is 23.8 Å². The van der Waals surface area contributed by atoms with Crippen LogP contribution in [0.1, 0.15) is 6.42 Å². The molecule has 0 unspecified atom stereocenters. The molecule has 9 nitrogen and oxygen atoms in total. The first-order valence-electron chi connectivity index (χ1n) is 8.66. The molecule has 1 N–H and O–H groups in total. The van der Waals surface area contributed by atoms with Gasteiger partial charge in [-0.1, -0.05) is 12.1 Å². The van der Waals surface area contributed by atoms with Crippen molar-refractivity contribution in [3.05, 3.63) is 36.8 Å². The Labute approximate surface area is 156 Å². The second-order valence-electron chi connectivity index (χ2n) is 6.82. The summed E-state index contributed by atoms with van der Waals surface area (Å²) in [5.74, 6) is 0.883. The van der Waals surface area contributed by atoms with E-state index >= 15 is 0 Å². The van der Waals surface area contributed by atoms with E-state index in [4.69, 9.17) is 4.74 Å². The van der Waals surface area contributed by atoms with Gasteiger partial charge in [0, 0.05) is 19.6 Å². The van der Waals surface area contributed by atoms with Gasteiger partial charge >= 0.3 is 0 Å². The average Bonchev–Trinajstić information content (AvgIpc) is 3.22. The third-order valence-electron chi connectivity index (χ3n) is 5.02. The van der Waals surface area contributed by atoms with Crippen molar-refractivity contribution >= 4 is 27.1 Å². The number of anilines is 1. The predicted molar refractivity (Wildman–Crippen MR) is 97.9 cm³/mol. The van der Waals surface area contributed by atoms with Crippen molar-refractivity contribution in [3.8, 4) is 5.75 Å². The predicted octanol–water partition coefficient (Wildman–Crippen LogP) is 0.999. The van der Waals surface area contributed by atoms with E-state index in [1.807, 2.05) is 11.6 Å². The van der Waals surface area contributed by atoms with Crippen LogP contribution in [0.2, 0.25) is 0 Å². The second kappa shape index (κ2) is 5.89. The summed E-state index contributed by atoms with van der Waals surface area (Å²) in [6, 6.07) is 6.46. The van der Waals surface area contributed by atoms with Gasteiger partial charge in [0.2, 0.25) is 16.0 Å². The van der Waals surface area contributed by atoms with Crippen molar-refractivity contribution < 1.29 is 13.2 Å². The molecule has 1 aromatic carbocycles. The number of nitrogens with one attached hydrogen (secondary N) is 1. The molecule has 1 saturated heterocycles. The van der Waals surface area contributed by atoms with E-state index in [1.165, 1.54) is 4.31 Å². The lowest BCUT2D eigenvalue weighted by molar-refractivity contribution is 0.240. The van der Waals surface area contributed by atoms with E-state index < -0.39 is 10.0 Å². The number of para-hydroxylation sites is 1. The highest BCUT2D eigenvalue weighted by Crippen LogP contribution is 2.35. The summed E-state index contributed by atoms with van der Waals surface area (Å²) in [7, 11) is -1.73. The van der Waals surface area contributed by atoms with Gasteiger partial charge in [0.1, 0.15) is 22.8 Å². The number of hydrogen-bond acceptors (Lipinski definition) is 7. The Balaban J connectivity index is 1.41. The highest BCUT2D eigenvalue weighted by molar-refractivity contribution is 7.89. The molecular formula is C17H18N6O3S. The van der Waals surface area contributed by atoms with E-state index in [0.717, 1.165) is 11.2 Å². The summed E-state index contributed by atoms with van der Waals surface area (Å²) in [5.41, 5.74) is 1.45. The number of aryl methyl sites for hydroxylation is 1. The molecular weight excluding hydrogens is 368 g/mol. The molecule has 10 heteroatoms. The fraction of sp³-hybridized carbons (Fsp3) is 0.353. The minimum absolute atomic E-state index is 0.0932. The summed E-state index contributed by atoms with van der Waals surface area (Å²) >= 11 is 0. The van der Waals surface area contributed by atoms with Crippen LogP contribution in [0.3, 0.4) is 0 Å². The number of rotatable bonds is 2. The van der Waals surface area contributed by atoms with E-state index in [1.54, 1.807) is 36.8 Å². The van der Waals surface area contributed by atoms with Gasteiger partial charge in [-0.05, 0) is 18.6 Å². The van der Waals surface area contributed by atoms with Crippen LogP contribution in [0.5, 0.6) is 5.75 Å². The molecule has 2 atom stereocenters. The van der Waals surface area contributed by atoms with E-state index in [-0.39, 0.29) is 17.0 Å². The number of benzene rings is 1. The quantitative estimate of drug-likeness (QED) is 0.701. The van der Waals surface area contributed by atoms with Gasteiger partial charge in [0.25, 0.3) is 0 Å². The van der Waals surface area contributed by atoms with Crippen LogP contribution in [0, 0.1) is 0 Å². The molecule has 140 valence electrons. The standard InChI is InChI=1S/C17H18N6O3S/c1-22-10-19-13-7-18-17(21-16(13)22)20-11-6-12-9-26-14-4-2-3-5-15(14)27(24,25)23(12)8-11/h2-5,7,10-12H,6,8-9H2,1H3,(H,18,20,21)/t11-,12-/m0/s1. The van der Waals surface area contributed by atoms with Crippen LogP contribution >= 0.6 is 0 Å². The van der Waals surface area contributed by atoms with Crippen LogP contribution < -0.4 is 10.1 Å². The van der Waals surface area contributed by atoms with Crippen LogP contribution in [0.15, 0.2) is 41.7 Å². The van der Waals surface area contributed by atoms with Gasteiger partial charge in [-0.15, -0.1) is 0 Å². The number of ether oxygens (including phenoxy) is 1. The van der Waals surface area contributed by atoms with Crippen LogP contribution in [0.25, 0.3) is 11.2 Å². The zero-order chi connectivity index (χ0) is 18.6. The van der Waals surface area contributed by atoms with Crippen molar-refractivity contribution in [3.63, 3.8) is 0 Å². The first-order valence-corrected chi connectivity index (χ1v) is 10.1. The van der Waals surface area contributed by atoms with Gasteiger partial charge < -0.3 is 14.6 Å². The normalized spacial score (nSPS) is 24.0. The second-order valence-corrected chi connectivity index (χ2v) is 8.68. The first-order chi connectivity index (χ1) is 13.0. The van der Waals surface area contributed by atoms with Crippen molar-refractivity contribution in [1.29, 1.82) is 0 Å². The number of sulfonamides is 1. The summed E-state index contributed by atoms with van der Waals surface area (Å²) in [6.07, 6.45) is 3.97. The number of nitrogens with zero attached hydrogens (tertiary/aromatic N) is 5. The monoisotopic (exact) mass is 386 g/mol. The molecule has 2 aliphatic heterocycles. The maximum absolute atomic E-state index is 13.1. The van der Waals surface area contributed by atoms with Crippen molar-refractivity contribution in [2.45, 2.75) is 23.4 Å². The van der Waals surface area contributed by atoms with Crippen molar-refractivity contribution in [2.24, 2.45) is 7.05 Å². The van der Waals surface area contributed by atoms with E-state index in [0.29, 0.717) is 31.3 Å². The molecule has 0 bridgehead atoms. The highest BCUT2D eigenvalue weighted by atomic mass is 32.2. The zero-order valence-corrected chi connectivity index (χ0v) is 15.4. The summed E-state index contributed by atoms with van der Waals surface area (Å²) in [4.78, 5) is 13.2. The molecule has 0 aliphatic carbocycles. The van der Waals surface area contributed by atoms with Gasteiger partial charge in [0.05, 0.1) is 18.6 Å². The molecule has 5 rings (SSSR count). The molecule has 3 aromatic rings. The lowest BCUT2D eigenvalue weighted by Gasteiger charge is -2.19. The smallest absolute Gasteiger partial charge is 0.247 e. The third kappa shape index (κ3) is 2.63. The lowest BCUT2D eigenvalue weighted by atomic mass is 10.2. The molecule has 27 heavy (non-hydrogen) atoms.